The maximum Gasteiger partial charge on any atom is 0.324 e. The van der Waals surface area contributed by atoms with E-state index in [0.29, 0.717) is 22.1 Å². The molecule has 1 saturated heterocycles. The maximum absolute atomic E-state index is 12.6. The van der Waals surface area contributed by atoms with E-state index in [1.165, 1.54) is 11.3 Å². The SMILES string of the molecule is NCC1CCCN1C(=O)c1ccc(NC(=O)Nc2ccccc2)s1. The highest BCUT2D eigenvalue weighted by Gasteiger charge is 2.29. The molecule has 1 unspecified atom stereocenters. The highest BCUT2D eigenvalue weighted by atomic mass is 32.1. The van der Waals surface area contributed by atoms with Crippen LogP contribution in [0, 0.1) is 0 Å². The molecule has 1 atom stereocenters. The van der Waals surface area contributed by atoms with Crippen molar-refractivity contribution in [2.75, 3.05) is 23.7 Å². The molecule has 7 heteroatoms. The number of amides is 3. The Hall–Kier alpha value is -2.38. The Labute approximate surface area is 144 Å². The second-order valence-electron chi connectivity index (χ2n) is 5.64. The van der Waals surface area contributed by atoms with Crippen LogP contribution in [0.15, 0.2) is 42.5 Å². The minimum Gasteiger partial charge on any atom is -0.334 e. The van der Waals surface area contributed by atoms with Gasteiger partial charge in [0.05, 0.1) is 9.88 Å². The number of nitrogens with one attached hydrogen (secondary N) is 2. The fourth-order valence-corrected chi connectivity index (χ4v) is 3.66. The molecule has 3 rings (SSSR count). The standard InChI is InChI=1S/C17H20N4O2S/c18-11-13-7-4-10-21(13)16(22)14-8-9-15(24-14)20-17(23)19-12-5-2-1-3-6-12/h1-3,5-6,8-9,13H,4,7,10-11,18H2,(H2,19,20,23). The summed E-state index contributed by atoms with van der Waals surface area (Å²) >= 11 is 1.28. The lowest BCUT2D eigenvalue weighted by molar-refractivity contribution is 0.0746. The van der Waals surface area contributed by atoms with Gasteiger partial charge in [0, 0.05) is 24.8 Å². The van der Waals surface area contributed by atoms with Gasteiger partial charge in [-0.25, -0.2) is 4.79 Å². The van der Waals surface area contributed by atoms with E-state index in [2.05, 4.69) is 10.6 Å². The molecule has 6 nitrogen and oxygen atoms in total. The van der Waals surface area contributed by atoms with E-state index >= 15 is 0 Å². The summed E-state index contributed by atoms with van der Waals surface area (Å²) in [6, 6.07) is 12.5. The van der Waals surface area contributed by atoms with Gasteiger partial charge in [0.1, 0.15) is 0 Å². The zero-order valence-electron chi connectivity index (χ0n) is 13.2. The molecular weight excluding hydrogens is 324 g/mol. The number of benzene rings is 1. The second-order valence-corrected chi connectivity index (χ2v) is 6.72. The van der Waals surface area contributed by atoms with Gasteiger partial charge in [-0.3, -0.25) is 10.1 Å². The largest absolute Gasteiger partial charge is 0.334 e. The summed E-state index contributed by atoms with van der Waals surface area (Å²) in [5.74, 6) is -0.00975. The molecule has 1 fully saturated rings. The van der Waals surface area contributed by atoms with Gasteiger partial charge in [-0.05, 0) is 37.1 Å². The van der Waals surface area contributed by atoms with Crippen molar-refractivity contribution in [1.82, 2.24) is 4.90 Å². The number of rotatable bonds is 4. The number of carbonyl (C=O) groups is 2. The summed E-state index contributed by atoms with van der Waals surface area (Å²) in [5.41, 5.74) is 6.44. The van der Waals surface area contributed by atoms with Crippen LogP contribution in [0.4, 0.5) is 15.5 Å². The lowest BCUT2D eigenvalue weighted by Gasteiger charge is -2.22. The summed E-state index contributed by atoms with van der Waals surface area (Å²) < 4.78 is 0. The van der Waals surface area contributed by atoms with Crippen molar-refractivity contribution in [3.05, 3.63) is 47.3 Å². The quantitative estimate of drug-likeness (QED) is 0.797. The van der Waals surface area contributed by atoms with E-state index in [0.717, 1.165) is 19.4 Å². The van der Waals surface area contributed by atoms with E-state index in [-0.39, 0.29) is 18.0 Å². The summed E-state index contributed by atoms with van der Waals surface area (Å²) in [6.45, 7) is 1.23. The molecule has 0 bridgehead atoms. The predicted octanol–water partition coefficient (Wildman–Crippen LogP) is 2.96. The predicted molar refractivity (Wildman–Crippen MR) is 96.5 cm³/mol. The number of thiophene rings is 1. The molecule has 2 aromatic rings. The topological polar surface area (TPSA) is 87.5 Å². The average Bonchev–Trinajstić information content (AvgIpc) is 3.24. The van der Waals surface area contributed by atoms with E-state index in [4.69, 9.17) is 5.73 Å². The molecule has 0 saturated carbocycles. The van der Waals surface area contributed by atoms with E-state index in [9.17, 15) is 9.59 Å². The Morgan fingerprint density at radius 2 is 1.96 bits per heavy atom. The van der Waals surface area contributed by atoms with E-state index in [1.54, 1.807) is 12.1 Å². The van der Waals surface area contributed by atoms with Gasteiger partial charge in [-0.1, -0.05) is 18.2 Å². The fourth-order valence-electron chi connectivity index (χ4n) is 2.81. The van der Waals surface area contributed by atoms with Gasteiger partial charge < -0.3 is 16.0 Å². The normalized spacial score (nSPS) is 16.9. The fraction of sp³-hybridized carbons (Fsp3) is 0.294. The maximum atomic E-state index is 12.6. The van der Waals surface area contributed by atoms with Crippen LogP contribution in [0.5, 0.6) is 0 Å². The van der Waals surface area contributed by atoms with Crippen LogP contribution in [0.1, 0.15) is 22.5 Å². The van der Waals surface area contributed by atoms with Crippen molar-refractivity contribution in [3.63, 3.8) is 0 Å². The number of nitrogens with zero attached hydrogens (tertiary/aromatic N) is 1. The van der Waals surface area contributed by atoms with Crippen molar-refractivity contribution in [3.8, 4) is 0 Å². The molecule has 0 aliphatic carbocycles. The van der Waals surface area contributed by atoms with E-state index < -0.39 is 0 Å². The number of urea groups is 1. The molecule has 0 radical (unpaired) electrons. The van der Waals surface area contributed by atoms with Crippen LogP contribution in [0.2, 0.25) is 0 Å². The molecule has 1 aromatic carbocycles. The molecule has 126 valence electrons. The highest BCUT2D eigenvalue weighted by molar-refractivity contribution is 7.18. The molecule has 1 aliphatic rings. The molecule has 1 aromatic heterocycles. The summed E-state index contributed by atoms with van der Waals surface area (Å²) in [7, 11) is 0. The van der Waals surface area contributed by atoms with Crippen LogP contribution < -0.4 is 16.4 Å². The van der Waals surface area contributed by atoms with Gasteiger partial charge in [0.2, 0.25) is 0 Å². The Morgan fingerprint density at radius 3 is 2.71 bits per heavy atom. The molecule has 4 N–H and O–H groups in total. The summed E-state index contributed by atoms with van der Waals surface area (Å²) in [5, 5.41) is 6.13. The van der Waals surface area contributed by atoms with Gasteiger partial charge in [-0.15, -0.1) is 11.3 Å². The van der Waals surface area contributed by atoms with Crippen LogP contribution in [-0.4, -0.2) is 36.0 Å². The van der Waals surface area contributed by atoms with Crippen LogP contribution in [-0.2, 0) is 0 Å². The number of nitrogens with two attached hydrogens (primary N) is 1. The monoisotopic (exact) mass is 344 g/mol. The third-order valence-corrected chi connectivity index (χ3v) is 4.98. The first-order chi connectivity index (χ1) is 11.7. The lowest BCUT2D eigenvalue weighted by atomic mass is 10.2. The van der Waals surface area contributed by atoms with Gasteiger partial charge in [0.25, 0.3) is 5.91 Å². The number of likely N-dealkylation sites (tertiary alicyclic amines) is 1. The number of hydrogen-bond acceptors (Lipinski definition) is 4. The minimum atomic E-state index is -0.331. The van der Waals surface area contributed by atoms with Crippen molar-refractivity contribution < 1.29 is 9.59 Å². The van der Waals surface area contributed by atoms with E-state index in [1.807, 2.05) is 35.2 Å². The second kappa shape index (κ2) is 7.46. The number of hydrogen-bond donors (Lipinski definition) is 3. The van der Waals surface area contributed by atoms with Crippen molar-refractivity contribution in [1.29, 1.82) is 0 Å². The number of carbonyl (C=O) groups excluding carboxylic acids is 2. The van der Waals surface area contributed by atoms with Crippen molar-refractivity contribution in [2.45, 2.75) is 18.9 Å². The molecule has 2 heterocycles. The third kappa shape index (κ3) is 3.74. The number of anilines is 2. The minimum absolute atomic E-state index is 0.00975. The van der Waals surface area contributed by atoms with Gasteiger partial charge in [0.15, 0.2) is 0 Å². The molecule has 1 aliphatic heterocycles. The molecule has 24 heavy (non-hydrogen) atoms. The van der Waals surface area contributed by atoms with Crippen LogP contribution in [0.25, 0.3) is 0 Å². The van der Waals surface area contributed by atoms with Gasteiger partial charge >= 0.3 is 6.03 Å². The Bertz CT molecular complexity index is 716. The summed E-state index contributed by atoms with van der Waals surface area (Å²) in [4.78, 5) is 27.0. The lowest BCUT2D eigenvalue weighted by Crippen LogP contribution is -2.39. The molecule has 3 amide bonds. The molecular formula is C17H20N4O2S. The summed E-state index contributed by atoms with van der Waals surface area (Å²) in [6.07, 6.45) is 1.95. The van der Waals surface area contributed by atoms with Crippen LogP contribution >= 0.6 is 11.3 Å². The zero-order chi connectivity index (χ0) is 16.9. The van der Waals surface area contributed by atoms with Crippen molar-refractivity contribution >= 4 is 34.0 Å². The van der Waals surface area contributed by atoms with Crippen molar-refractivity contribution in [2.24, 2.45) is 5.73 Å². The molecule has 0 spiro atoms. The Morgan fingerprint density at radius 1 is 1.17 bits per heavy atom. The first-order valence-corrected chi connectivity index (χ1v) is 8.73. The highest BCUT2D eigenvalue weighted by Crippen LogP contribution is 2.26. The smallest absolute Gasteiger partial charge is 0.324 e. The first kappa shape index (κ1) is 16.5. The first-order valence-electron chi connectivity index (χ1n) is 7.91. The third-order valence-electron chi connectivity index (χ3n) is 4.00. The Kier molecular flexibility index (Phi) is 5.12. The van der Waals surface area contributed by atoms with Crippen LogP contribution in [0.3, 0.4) is 0 Å². The Balaban J connectivity index is 1.61. The zero-order valence-corrected chi connectivity index (χ0v) is 14.0. The average molecular weight is 344 g/mol. The number of para-hydroxylation sites is 1. The van der Waals surface area contributed by atoms with Gasteiger partial charge in [-0.2, -0.15) is 0 Å².